The topological polar surface area (TPSA) is 273 Å². The minimum absolute atomic E-state index is 0.0572. The maximum absolute atomic E-state index is 13.6. The molecular formula is C120H91Br3N18O2S3. The average Bonchev–Trinajstić information content (AvgIpc) is 1.56. The van der Waals surface area contributed by atoms with Gasteiger partial charge in [-0.15, -0.1) is 0 Å². The van der Waals surface area contributed by atoms with Crippen LogP contribution < -0.4 is 31.9 Å². The Balaban J connectivity index is 0.000000102. The first-order valence-corrected chi connectivity index (χ1v) is 52.8. The number of thioether (sulfide) groups is 1. The molecule has 0 bridgehead atoms. The number of unbranched alkanes of at least 4 members (excludes halogenated alkanes) is 1. The van der Waals surface area contributed by atoms with E-state index in [1.54, 1.807) is 4.57 Å². The van der Waals surface area contributed by atoms with Crippen LogP contribution in [0.3, 0.4) is 0 Å². The van der Waals surface area contributed by atoms with E-state index in [-0.39, 0.29) is 24.0 Å². The second kappa shape index (κ2) is 37.7. The van der Waals surface area contributed by atoms with Gasteiger partial charge in [0.25, 0.3) is 0 Å². The fourth-order valence-electron chi connectivity index (χ4n) is 21.7. The number of urea groups is 1. The first-order valence-electron chi connectivity index (χ1n) is 48.6. The van der Waals surface area contributed by atoms with Crippen LogP contribution in [0, 0.1) is 27.7 Å². The quantitative estimate of drug-likeness (QED) is 0.0222. The summed E-state index contributed by atoms with van der Waals surface area (Å²) in [7, 11) is 0. The molecule has 13 N–H and O–H groups in total. The third-order valence-electron chi connectivity index (χ3n) is 28.3. The summed E-state index contributed by atoms with van der Waals surface area (Å²) in [6, 6.07) is 107. The molecule has 26 heteroatoms. The van der Waals surface area contributed by atoms with Crippen molar-refractivity contribution in [1.82, 2.24) is 70.0 Å². The maximum Gasteiger partial charge on any atom is 0.315 e. The predicted molar refractivity (Wildman–Crippen MR) is 626 cm³/mol. The molecule has 18 aromatic carbocycles. The SMILES string of the molecule is Cc1[nH]c2ccccc2c1-c1nc2c3cc(NC(=S)Nc4ccccc4)ccc3c3ccccc3c2[nH]1.Cc1ccc2c(c1)c1cc(C)ccc1c1[nH]c(-c3c(C)[nH]c4ccc(Br)cc34)nc21.O=C1NC2CSC(CCCCC(=O)n3cc(-c4nc5c6ccccc6c6ccccc6c5[nH]4)c4cc(Br)ccc43)C2N1.S=C(Nc1ccccc1)Nc1ccc2c3ccccc3c3[nH]c(-c4c[nH]c5ccc(Br)cc45)nc3c2c1. The number of fused-ring (bicyclic) bond motifs is 29. The number of rotatable bonds is 13. The second-order valence-electron chi connectivity index (χ2n) is 37.6. The number of halogens is 3. The van der Waals surface area contributed by atoms with Crippen molar-refractivity contribution in [3.05, 3.63) is 358 Å². The van der Waals surface area contributed by atoms with Crippen molar-refractivity contribution in [2.24, 2.45) is 0 Å². The molecule has 0 saturated carbocycles. The molecule has 712 valence electrons. The van der Waals surface area contributed by atoms with E-state index in [4.69, 9.17) is 44.4 Å². The molecule has 20 nitrogen and oxygen atoms in total. The van der Waals surface area contributed by atoms with Gasteiger partial charge in [0.05, 0.1) is 61.7 Å². The lowest BCUT2D eigenvalue weighted by atomic mass is 9.97. The highest BCUT2D eigenvalue weighted by Gasteiger charge is 2.43. The lowest BCUT2D eigenvalue weighted by molar-refractivity contribution is 0.0904. The number of aryl methyl sites for hydroxylation is 4. The van der Waals surface area contributed by atoms with Gasteiger partial charge in [-0.1, -0.05) is 266 Å². The Labute approximate surface area is 876 Å². The Hall–Kier alpha value is -15.8. The predicted octanol–water partition coefficient (Wildman–Crippen LogP) is 32.0. The van der Waals surface area contributed by atoms with E-state index in [1.807, 2.05) is 109 Å². The van der Waals surface area contributed by atoms with Crippen LogP contribution in [0.1, 0.15) is 53.0 Å². The van der Waals surface area contributed by atoms with Crippen molar-refractivity contribution in [3.8, 4) is 45.6 Å². The molecule has 0 radical (unpaired) electrons. The summed E-state index contributed by atoms with van der Waals surface area (Å²) in [5.41, 5.74) is 24.8. The summed E-state index contributed by atoms with van der Waals surface area (Å²) in [6.45, 7) is 8.51. The van der Waals surface area contributed by atoms with Gasteiger partial charge in [-0.2, -0.15) is 11.8 Å². The first-order chi connectivity index (χ1) is 71.3. The van der Waals surface area contributed by atoms with Crippen molar-refractivity contribution in [3.63, 3.8) is 0 Å². The number of nitrogens with zero attached hydrogens (tertiary/aromatic N) is 5. The van der Waals surface area contributed by atoms with E-state index < -0.39 is 0 Å². The number of hydrogen-bond acceptors (Lipinski definition) is 9. The van der Waals surface area contributed by atoms with Crippen LogP contribution in [0.25, 0.3) is 219 Å². The van der Waals surface area contributed by atoms with Crippen LogP contribution in [-0.4, -0.2) is 105 Å². The van der Waals surface area contributed by atoms with Crippen LogP contribution in [0.15, 0.2) is 335 Å². The monoisotopic (exact) mass is 2150 g/mol. The standard InChI is InChI=1S/C33H28BrN5O2S.C31H23N5S.C30H20BrN5S.C26H20BrN3/c34-18-13-14-26-23(15-18)24(16-39(26)28(40)12-6-5-11-27-31-25(17-42-27)35-33(41)38-31)32-36-29-21-9-3-1-7-19(21)20-8-2-4-10-22(20)30(29)37-32;1-18-27(24-13-7-8-14-26(24)32-18)30-35-28-23-12-6-5-11-21(23)22-16-15-20(17-25(22)29(28)36-30)34-31(37)33-19-9-3-2-4-10-19;31-17-10-13-26-23(14-17)25(16-32-26)29-35-27-22-9-5-4-8-20(22)21-12-11-19(15-24(21)28(27)36-29)34-30(37)33-18-6-2-1-3-7-18;1-13-4-7-17-19(10-13)20-11-14(2)5-8-18(20)25-24(17)29-26(30-25)23-15(3)28-22-9-6-16(27)12-21(22)23/h1-4,7-10,13-16,25,27,31H,5-6,11-12,17H2,(H,36,37)(H2,35,38,41);2-17,32H,1H3,(H,35,36)(H2,33,34,37);1-16,32H,(H,35,36)(H2,33,34,37);4-12,28H,1-3H3,(H,29,30). The van der Waals surface area contributed by atoms with Gasteiger partial charge in [0.15, 0.2) is 10.2 Å². The van der Waals surface area contributed by atoms with Crippen molar-refractivity contribution in [2.75, 3.05) is 27.0 Å². The van der Waals surface area contributed by atoms with Crippen LogP contribution in [0.5, 0.6) is 0 Å². The molecule has 28 rings (SSSR count). The Bertz CT molecular complexity index is 9710. The molecule has 0 spiro atoms. The van der Waals surface area contributed by atoms with Gasteiger partial charge in [0, 0.05) is 181 Å². The summed E-state index contributed by atoms with van der Waals surface area (Å²) in [4.78, 5) is 70.8. The number of aromatic amines is 7. The molecule has 2 fully saturated rings. The first kappa shape index (κ1) is 91.4. The Morgan fingerprint density at radius 1 is 0.370 bits per heavy atom. The molecule has 3 atom stereocenters. The van der Waals surface area contributed by atoms with E-state index in [0.717, 1.165) is 244 Å². The molecular weight excluding hydrogens is 2060 g/mol. The molecule has 26 aromatic rings. The Morgan fingerprint density at radius 2 is 0.781 bits per heavy atom. The maximum atomic E-state index is 13.6. The fraction of sp³-hybridized carbons (Fsp3) is 0.100. The van der Waals surface area contributed by atoms with Gasteiger partial charge >= 0.3 is 6.03 Å². The van der Waals surface area contributed by atoms with Crippen LogP contribution in [-0.2, 0) is 0 Å². The molecule has 8 aromatic heterocycles. The number of para-hydroxylation sites is 3. The molecule has 2 aliphatic heterocycles. The van der Waals surface area contributed by atoms with Crippen LogP contribution in [0.4, 0.5) is 27.5 Å². The summed E-state index contributed by atoms with van der Waals surface area (Å²) >= 11 is 23.9. The highest BCUT2D eigenvalue weighted by molar-refractivity contribution is 9.11. The number of aromatic nitrogens is 12. The molecule has 146 heavy (non-hydrogen) atoms. The molecule has 10 heterocycles. The summed E-state index contributed by atoms with van der Waals surface area (Å²) in [5.74, 6) is 4.38. The van der Waals surface area contributed by atoms with Crippen LogP contribution in [0.2, 0.25) is 0 Å². The number of benzene rings is 18. The van der Waals surface area contributed by atoms with Gasteiger partial charge in [-0.05, 0) is 217 Å². The minimum atomic E-state index is -0.0572. The number of hydrogen-bond donors (Lipinski definition) is 13. The van der Waals surface area contributed by atoms with E-state index >= 15 is 0 Å². The van der Waals surface area contributed by atoms with Crippen molar-refractivity contribution >= 4 is 303 Å². The number of amides is 2. The zero-order chi connectivity index (χ0) is 98.8. The highest BCUT2D eigenvalue weighted by Crippen LogP contribution is 2.46. The Kier molecular flexibility index (Phi) is 23.6. The van der Waals surface area contributed by atoms with Gasteiger partial charge in [-0.3, -0.25) is 9.36 Å². The van der Waals surface area contributed by atoms with Crippen molar-refractivity contribution in [1.29, 1.82) is 0 Å². The number of nitrogens with one attached hydrogen (secondary N) is 13. The van der Waals surface area contributed by atoms with Gasteiger partial charge in [0.2, 0.25) is 5.91 Å². The highest BCUT2D eigenvalue weighted by atomic mass is 79.9. The third-order valence-corrected chi connectivity index (χ3v) is 31.7. The molecule has 2 saturated heterocycles. The van der Waals surface area contributed by atoms with Gasteiger partial charge in [0.1, 0.15) is 23.3 Å². The van der Waals surface area contributed by atoms with E-state index in [2.05, 4.69) is 367 Å². The van der Waals surface area contributed by atoms with Crippen molar-refractivity contribution in [2.45, 2.75) is 70.7 Å². The molecule has 3 unspecified atom stereocenters. The largest absolute Gasteiger partial charge is 0.360 e. The molecule has 0 aliphatic carbocycles. The lowest BCUT2D eigenvalue weighted by Gasteiger charge is -2.16. The summed E-state index contributed by atoms with van der Waals surface area (Å²) in [6.07, 6.45) is 7.17. The number of carbonyl (C=O) groups excluding carboxylic acids is 2. The Morgan fingerprint density at radius 3 is 1.35 bits per heavy atom. The summed E-state index contributed by atoms with van der Waals surface area (Å²) < 4.78 is 4.84. The number of carbonyl (C=O) groups is 2. The van der Waals surface area contributed by atoms with Crippen LogP contribution >= 0.6 is 84.0 Å². The number of imidazole rings is 4. The normalized spacial score (nSPS) is 14.0. The number of thiocarbonyl (C=S) groups is 2. The minimum Gasteiger partial charge on any atom is -0.360 e. The van der Waals surface area contributed by atoms with E-state index in [9.17, 15) is 9.59 Å². The lowest BCUT2D eigenvalue weighted by Crippen LogP contribution is -2.36. The third kappa shape index (κ3) is 16.8. The van der Waals surface area contributed by atoms with E-state index in [0.29, 0.717) is 21.9 Å². The molecule has 2 aliphatic rings. The zero-order valence-corrected chi connectivity index (χ0v) is 86.5. The summed E-state index contributed by atoms with van der Waals surface area (Å²) in [5, 5.41) is 43.8. The smallest absolute Gasteiger partial charge is 0.315 e. The number of anilines is 4. The van der Waals surface area contributed by atoms with Gasteiger partial charge < -0.3 is 66.8 Å². The molecule has 2 amide bonds. The zero-order valence-electron chi connectivity index (χ0n) is 79.3. The van der Waals surface area contributed by atoms with Gasteiger partial charge in [-0.25, -0.2) is 24.7 Å². The number of H-pyrrole nitrogens is 7. The van der Waals surface area contributed by atoms with Crippen molar-refractivity contribution < 1.29 is 9.59 Å². The average molecular weight is 2150 g/mol. The fourth-order valence-corrected chi connectivity index (χ4v) is 24.8. The van der Waals surface area contributed by atoms with E-state index in [1.165, 1.54) is 59.6 Å². The second-order valence-corrected chi connectivity index (χ2v) is 42.5.